The molecule has 1 aromatic carbocycles. The predicted octanol–water partition coefficient (Wildman–Crippen LogP) is 3.20. The van der Waals surface area contributed by atoms with E-state index in [0.717, 1.165) is 37.5 Å². The number of hydrogen-bond donors (Lipinski definition) is 2. The molecule has 1 aromatic rings. The Balaban J connectivity index is 2.91. The summed E-state index contributed by atoms with van der Waals surface area (Å²) >= 11 is 0. The molecule has 25 heavy (non-hydrogen) atoms. The monoisotopic (exact) mass is 351 g/mol. The van der Waals surface area contributed by atoms with Crippen LogP contribution in [0.25, 0.3) is 0 Å². The fraction of sp³-hybridized carbons (Fsp3) is 0.632. The molecule has 0 spiro atoms. The number of hydrogen-bond acceptors (Lipinski definition) is 4. The highest BCUT2D eigenvalue weighted by Gasteiger charge is 2.13. The summed E-state index contributed by atoms with van der Waals surface area (Å²) in [6, 6.07) is 3.85. The molecule has 0 aliphatic carbocycles. The van der Waals surface area contributed by atoms with Crippen molar-refractivity contribution in [3.05, 3.63) is 17.7 Å². The van der Waals surface area contributed by atoms with Crippen LogP contribution in [0.15, 0.2) is 17.1 Å². The van der Waals surface area contributed by atoms with Crippen LogP contribution in [0.2, 0.25) is 0 Å². The normalized spacial score (nSPS) is 11.4. The zero-order chi connectivity index (χ0) is 18.7. The molecular weight excluding hydrogens is 318 g/mol. The summed E-state index contributed by atoms with van der Waals surface area (Å²) in [5.74, 6) is 3.36. The number of rotatable bonds is 10. The number of nitrogens with one attached hydrogen (secondary N) is 2. The van der Waals surface area contributed by atoms with Gasteiger partial charge in [0.1, 0.15) is 0 Å². The third-order valence-electron chi connectivity index (χ3n) is 4.20. The Morgan fingerprint density at radius 2 is 1.56 bits per heavy atom. The van der Waals surface area contributed by atoms with Gasteiger partial charge in [-0.2, -0.15) is 0 Å². The van der Waals surface area contributed by atoms with Gasteiger partial charge in [-0.3, -0.25) is 0 Å². The number of guanidine groups is 1. The average Bonchev–Trinajstić information content (AvgIpc) is 2.65. The molecule has 0 amide bonds. The van der Waals surface area contributed by atoms with E-state index in [-0.39, 0.29) is 0 Å². The Bertz CT molecular complexity index is 518. The lowest BCUT2D eigenvalue weighted by atomic mass is 10.0. The first-order chi connectivity index (χ1) is 12.1. The van der Waals surface area contributed by atoms with E-state index in [9.17, 15) is 0 Å². The standard InChI is InChI=1S/C19H33N3O3/c1-7-14(8-2)12-21-19(20-9-3)22-13-15-10-16(23-4)18(25-6)17(11-15)24-5/h10-11,14H,7-9,12-13H2,1-6H3,(H2,20,21,22). The molecule has 0 radical (unpaired) electrons. The molecule has 6 nitrogen and oxygen atoms in total. The van der Waals surface area contributed by atoms with E-state index in [4.69, 9.17) is 14.2 Å². The zero-order valence-electron chi connectivity index (χ0n) is 16.4. The highest BCUT2D eigenvalue weighted by atomic mass is 16.5. The van der Waals surface area contributed by atoms with Gasteiger partial charge in [-0.05, 0) is 30.5 Å². The third kappa shape index (κ3) is 6.36. The highest BCUT2D eigenvalue weighted by molar-refractivity contribution is 5.79. The molecule has 0 fully saturated rings. The molecule has 2 N–H and O–H groups in total. The summed E-state index contributed by atoms with van der Waals surface area (Å²) in [5.41, 5.74) is 0.995. The van der Waals surface area contributed by atoms with Crippen molar-refractivity contribution in [3.8, 4) is 17.2 Å². The smallest absolute Gasteiger partial charge is 0.203 e. The number of ether oxygens (including phenoxy) is 3. The Hall–Kier alpha value is -2.11. The second-order valence-electron chi connectivity index (χ2n) is 5.79. The fourth-order valence-corrected chi connectivity index (χ4v) is 2.56. The van der Waals surface area contributed by atoms with Crippen LogP contribution in [0, 0.1) is 5.92 Å². The van der Waals surface area contributed by atoms with Gasteiger partial charge in [-0.1, -0.05) is 26.7 Å². The largest absolute Gasteiger partial charge is 0.493 e. The van der Waals surface area contributed by atoms with Gasteiger partial charge in [0.2, 0.25) is 5.75 Å². The van der Waals surface area contributed by atoms with Crippen LogP contribution in [0.4, 0.5) is 0 Å². The van der Waals surface area contributed by atoms with Crippen LogP contribution < -0.4 is 24.8 Å². The molecule has 0 saturated heterocycles. The van der Waals surface area contributed by atoms with Gasteiger partial charge < -0.3 is 24.8 Å². The van der Waals surface area contributed by atoms with Gasteiger partial charge in [-0.25, -0.2) is 4.99 Å². The first-order valence-electron chi connectivity index (χ1n) is 8.94. The molecule has 0 aliphatic heterocycles. The van der Waals surface area contributed by atoms with Gasteiger partial charge in [-0.15, -0.1) is 0 Å². The minimum Gasteiger partial charge on any atom is -0.493 e. The zero-order valence-corrected chi connectivity index (χ0v) is 16.4. The van der Waals surface area contributed by atoms with E-state index < -0.39 is 0 Å². The topological polar surface area (TPSA) is 64.1 Å². The van der Waals surface area contributed by atoms with Gasteiger partial charge in [0.05, 0.1) is 27.9 Å². The molecule has 0 saturated carbocycles. The molecule has 6 heteroatoms. The van der Waals surface area contributed by atoms with Crippen LogP contribution in [0.1, 0.15) is 39.2 Å². The quantitative estimate of drug-likeness (QED) is 0.501. The highest BCUT2D eigenvalue weighted by Crippen LogP contribution is 2.38. The maximum Gasteiger partial charge on any atom is 0.203 e. The summed E-state index contributed by atoms with van der Waals surface area (Å²) in [7, 11) is 4.83. The van der Waals surface area contributed by atoms with Crippen molar-refractivity contribution in [2.45, 2.75) is 40.2 Å². The number of nitrogens with zero attached hydrogens (tertiary/aromatic N) is 1. The van der Waals surface area contributed by atoms with Crippen LogP contribution in [-0.4, -0.2) is 40.4 Å². The summed E-state index contributed by atoms with van der Waals surface area (Å²) < 4.78 is 16.2. The van der Waals surface area contributed by atoms with Crippen molar-refractivity contribution < 1.29 is 14.2 Å². The Labute approximate surface area is 152 Å². The molecular formula is C19H33N3O3. The van der Waals surface area contributed by atoms with Crippen LogP contribution >= 0.6 is 0 Å². The van der Waals surface area contributed by atoms with E-state index in [0.29, 0.717) is 29.7 Å². The fourth-order valence-electron chi connectivity index (χ4n) is 2.56. The minimum atomic E-state index is 0.523. The van der Waals surface area contributed by atoms with E-state index in [2.05, 4.69) is 36.4 Å². The van der Waals surface area contributed by atoms with E-state index >= 15 is 0 Å². The Kier molecular flexibility index (Phi) is 9.58. The summed E-state index contributed by atoms with van der Waals surface area (Å²) in [4.78, 5) is 4.67. The lowest BCUT2D eigenvalue weighted by molar-refractivity contribution is 0.324. The van der Waals surface area contributed by atoms with Crippen molar-refractivity contribution in [3.63, 3.8) is 0 Å². The van der Waals surface area contributed by atoms with Crippen molar-refractivity contribution >= 4 is 5.96 Å². The average molecular weight is 351 g/mol. The van der Waals surface area contributed by atoms with E-state index in [1.165, 1.54) is 0 Å². The maximum absolute atomic E-state index is 5.40. The SMILES string of the molecule is CCNC(=NCc1cc(OC)c(OC)c(OC)c1)NCC(CC)CC. The molecule has 0 heterocycles. The van der Waals surface area contributed by atoms with E-state index in [1.54, 1.807) is 21.3 Å². The Morgan fingerprint density at radius 3 is 2.00 bits per heavy atom. The molecule has 0 unspecified atom stereocenters. The summed E-state index contributed by atoms with van der Waals surface area (Å²) in [6.07, 6.45) is 2.32. The minimum absolute atomic E-state index is 0.523. The van der Waals surface area contributed by atoms with Crippen molar-refractivity contribution in [2.75, 3.05) is 34.4 Å². The van der Waals surface area contributed by atoms with Crippen molar-refractivity contribution in [1.29, 1.82) is 0 Å². The number of benzene rings is 1. The first kappa shape index (κ1) is 20.9. The third-order valence-corrected chi connectivity index (χ3v) is 4.20. The second kappa shape index (κ2) is 11.4. The van der Waals surface area contributed by atoms with E-state index in [1.807, 2.05) is 12.1 Å². The molecule has 142 valence electrons. The number of aliphatic imine (C=N–C) groups is 1. The van der Waals surface area contributed by atoms with Gasteiger partial charge in [0, 0.05) is 13.1 Å². The molecule has 1 rings (SSSR count). The maximum atomic E-state index is 5.40. The molecule has 0 bridgehead atoms. The van der Waals surface area contributed by atoms with Gasteiger partial charge >= 0.3 is 0 Å². The van der Waals surface area contributed by atoms with Crippen molar-refractivity contribution in [1.82, 2.24) is 10.6 Å². The van der Waals surface area contributed by atoms with Gasteiger partial charge in [0.15, 0.2) is 17.5 Å². The van der Waals surface area contributed by atoms with Gasteiger partial charge in [0.25, 0.3) is 0 Å². The second-order valence-corrected chi connectivity index (χ2v) is 5.79. The molecule has 0 atom stereocenters. The van der Waals surface area contributed by atoms with Crippen LogP contribution in [0.3, 0.4) is 0 Å². The van der Waals surface area contributed by atoms with Crippen LogP contribution in [-0.2, 0) is 6.54 Å². The molecule has 0 aromatic heterocycles. The lowest BCUT2D eigenvalue weighted by Crippen LogP contribution is -2.39. The lowest BCUT2D eigenvalue weighted by Gasteiger charge is -2.17. The Morgan fingerprint density at radius 1 is 0.960 bits per heavy atom. The number of methoxy groups -OCH3 is 3. The molecule has 0 aliphatic rings. The first-order valence-corrected chi connectivity index (χ1v) is 8.94. The van der Waals surface area contributed by atoms with Crippen molar-refractivity contribution in [2.24, 2.45) is 10.9 Å². The predicted molar refractivity (Wildman–Crippen MR) is 103 cm³/mol. The van der Waals surface area contributed by atoms with Crippen LogP contribution in [0.5, 0.6) is 17.2 Å². The summed E-state index contributed by atoms with van der Waals surface area (Å²) in [5, 5.41) is 6.71. The summed E-state index contributed by atoms with van der Waals surface area (Å²) in [6.45, 7) is 8.77.